The highest BCUT2D eigenvalue weighted by atomic mass is 16.5. The van der Waals surface area contributed by atoms with Gasteiger partial charge in [-0.3, -0.25) is 14.9 Å². The second-order valence-electron chi connectivity index (χ2n) is 9.20. The number of allylic oxidation sites excluding steroid dienone is 2. The van der Waals surface area contributed by atoms with Gasteiger partial charge in [0.2, 0.25) is 0 Å². The number of amides is 3. The number of esters is 1. The fraction of sp³-hybridized carbons (Fsp3) is 0.762. The maximum Gasteiger partial charge on any atom is 0.321 e. The highest BCUT2D eigenvalue weighted by Crippen LogP contribution is 2.55. The minimum Gasteiger partial charge on any atom is -0.452 e. The van der Waals surface area contributed by atoms with Crippen LogP contribution < -0.4 is 10.6 Å². The van der Waals surface area contributed by atoms with Crippen LogP contribution in [-0.2, 0) is 14.3 Å². The van der Waals surface area contributed by atoms with Crippen LogP contribution in [0.2, 0.25) is 0 Å². The molecular formula is C21H30N2O4. The fourth-order valence-electron chi connectivity index (χ4n) is 6.08. The summed E-state index contributed by atoms with van der Waals surface area (Å²) >= 11 is 0. The van der Waals surface area contributed by atoms with E-state index in [0.717, 1.165) is 49.9 Å². The smallest absolute Gasteiger partial charge is 0.321 e. The first-order chi connectivity index (χ1) is 12.9. The molecule has 0 saturated heterocycles. The van der Waals surface area contributed by atoms with Crippen molar-refractivity contribution in [1.82, 2.24) is 10.6 Å². The van der Waals surface area contributed by atoms with Crippen molar-refractivity contribution in [3.8, 4) is 0 Å². The number of imide groups is 1. The number of rotatable bonds is 4. The maximum atomic E-state index is 12.4. The Hall–Kier alpha value is -1.85. The maximum absolute atomic E-state index is 12.4. The third kappa shape index (κ3) is 4.04. The Bertz CT molecular complexity index is 621. The van der Waals surface area contributed by atoms with Gasteiger partial charge in [-0.05, 0) is 82.5 Å². The molecule has 4 fully saturated rings. The van der Waals surface area contributed by atoms with Crippen LogP contribution in [0.4, 0.5) is 4.79 Å². The summed E-state index contributed by atoms with van der Waals surface area (Å²) in [6.07, 6.45) is 12.3. The topological polar surface area (TPSA) is 84.5 Å². The highest BCUT2D eigenvalue weighted by molar-refractivity contribution is 5.97. The van der Waals surface area contributed by atoms with Crippen LogP contribution >= 0.6 is 0 Å². The largest absolute Gasteiger partial charge is 0.452 e. The zero-order chi connectivity index (χ0) is 19.0. The van der Waals surface area contributed by atoms with Gasteiger partial charge in [0, 0.05) is 5.54 Å². The summed E-state index contributed by atoms with van der Waals surface area (Å²) in [4.78, 5) is 36.9. The summed E-state index contributed by atoms with van der Waals surface area (Å²) < 4.78 is 5.28. The number of carbonyl (C=O) groups excluding carboxylic acids is 3. The van der Waals surface area contributed by atoms with Crippen molar-refractivity contribution >= 4 is 17.9 Å². The first-order valence-electron chi connectivity index (χ1n) is 10.4. The Labute approximate surface area is 160 Å². The third-order valence-corrected chi connectivity index (χ3v) is 6.92. The average Bonchev–Trinajstić information content (AvgIpc) is 2.60. The van der Waals surface area contributed by atoms with Gasteiger partial charge in [-0.25, -0.2) is 4.79 Å². The molecule has 0 aromatic heterocycles. The Balaban J connectivity index is 1.27. The van der Waals surface area contributed by atoms with Crippen molar-refractivity contribution in [2.24, 2.45) is 23.7 Å². The van der Waals surface area contributed by atoms with Gasteiger partial charge < -0.3 is 10.1 Å². The summed E-state index contributed by atoms with van der Waals surface area (Å²) in [6, 6.07) is -0.453. The summed E-state index contributed by atoms with van der Waals surface area (Å²) in [5, 5.41) is 5.49. The molecule has 148 valence electrons. The molecule has 5 aliphatic rings. The predicted octanol–water partition coefficient (Wildman–Crippen LogP) is 3.07. The Morgan fingerprint density at radius 3 is 2.22 bits per heavy atom. The van der Waals surface area contributed by atoms with E-state index in [9.17, 15) is 14.4 Å². The Morgan fingerprint density at radius 2 is 1.67 bits per heavy atom. The van der Waals surface area contributed by atoms with Crippen LogP contribution in [0.15, 0.2) is 12.2 Å². The van der Waals surface area contributed by atoms with Crippen LogP contribution in [0, 0.1) is 23.7 Å². The van der Waals surface area contributed by atoms with E-state index in [1.165, 1.54) is 26.2 Å². The normalized spacial score (nSPS) is 37.5. The van der Waals surface area contributed by atoms with Crippen molar-refractivity contribution in [3.05, 3.63) is 12.2 Å². The number of hydrogen-bond donors (Lipinski definition) is 2. The van der Waals surface area contributed by atoms with E-state index in [2.05, 4.69) is 16.7 Å². The lowest BCUT2D eigenvalue weighted by Gasteiger charge is -2.56. The van der Waals surface area contributed by atoms with Crippen molar-refractivity contribution in [2.45, 2.75) is 76.4 Å². The summed E-state index contributed by atoms with van der Waals surface area (Å²) in [5.41, 5.74) is -0.145. The molecule has 4 bridgehead atoms. The molecule has 0 aliphatic heterocycles. The number of ether oxygens (including phenoxy) is 1. The summed E-state index contributed by atoms with van der Waals surface area (Å²) in [7, 11) is 0. The van der Waals surface area contributed by atoms with Gasteiger partial charge in [-0.15, -0.1) is 0 Å². The SMILES string of the molecule is C[C@H](OC(=O)[C@@H]1CC=CCC1)C(=O)NC(=O)NC12CC3CC(CC(C3)C1)C2. The first-order valence-corrected chi connectivity index (χ1v) is 10.4. The minimum atomic E-state index is -0.967. The molecule has 6 heteroatoms. The van der Waals surface area contributed by atoms with E-state index >= 15 is 0 Å². The summed E-state index contributed by atoms with van der Waals surface area (Å²) in [5.74, 6) is 1.05. The van der Waals surface area contributed by atoms with Gasteiger partial charge in [0.25, 0.3) is 5.91 Å². The fourth-order valence-corrected chi connectivity index (χ4v) is 6.08. The van der Waals surface area contributed by atoms with Gasteiger partial charge in [-0.2, -0.15) is 0 Å². The van der Waals surface area contributed by atoms with Crippen LogP contribution in [0.1, 0.15) is 64.7 Å². The van der Waals surface area contributed by atoms with Crippen molar-refractivity contribution in [3.63, 3.8) is 0 Å². The third-order valence-electron chi connectivity index (χ3n) is 6.92. The molecule has 27 heavy (non-hydrogen) atoms. The molecule has 4 saturated carbocycles. The van der Waals surface area contributed by atoms with Crippen LogP contribution in [-0.4, -0.2) is 29.6 Å². The van der Waals surface area contributed by atoms with Crippen molar-refractivity contribution < 1.29 is 19.1 Å². The van der Waals surface area contributed by atoms with Crippen molar-refractivity contribution in [1.29, 1.82) is 0 Å². The van der Waals surface area contributed by atoms with E-state index in [4.69, 9.17) is 4.74 Å². The molecule has 0 aromatic carbocycles. The number of nitrogens with one attached hydrogen (secondary N) is 2. The molecule has 0 unspecified atom stereocenters. The molecule has 2 N–H and O–H groups in total. The molecule has 0 radical (unpaired) electrons. The lowest BCUT2D eigenvalue weighted by Crippen LogP contribution is -2.62. The number of carbonyl (C=O) groups is 3. The van der Waals surface area contributed by atoms with E-state index in [0.29, 0.717) is 6.42 Å². The molecule has 0 spiro atoms. The van der Waals surface area contributed by atoms with Crippen LogP contribution in [0.25, 0.3) is 0 Å². The van der Waals surface area contributed by atoms with Gasteiger partial charge in [0.15, 0.2) is 6.10 Å². The average molecular weight is 374 g/mol. The molecule has 5 rings (SSSR count). The highest BCUT2D eigenvalue weighted by Gasteiger charge is 2.51. The lowest BCUT2D eigenvalue weighted by molar-refractivity contribution is -0.158. The van der Waals surface area contributed by atoms with Gasteiger partial charge in [0.1, 0.15) is 0 Å². The predicted molar refractivity (Wildman–Crippen MR) is 99.6 cm³/mol. The Morgan fingerprint density at radius 1 is 1.04 bits per heavy atom. The van der Waals surface area contributed by atoms with Gasteiger partial charge in [0.05, 0.1) is 5.92 Å². The molecule has 5 aliphatic carbocycles. The molecule has 0 heterocycles. The zero-order valence-electron chi connectivity index (χ0n) is 16.0. The monoisotopic (exact) mass is 374 g/mol. The minimum absolute atomic E-state index is 0.145. The van der Waals surface area contributed by atoms with E-state index in [1.54, 1.807) is 0 Å². The van der Waals surface area contributed by atoms with Gasteiger partial charge >= 0.3 is 12.0 Å². The zero-order valence-corrected chi connectivity index (χ0v) is 16.0. The Kier molecular flexibility index (Phi) is 4.99. The second-order valence-corrected chi connectivity index (χ2v) is 9.20. The quantitative estimate of drug-likeness (QED) is 0.585. The van der Waals surface area contributed by atoms with Gasteiger partial charge in [-0.1, -0.05) is 12.2 Å². The number of urea groups is 1. The molecular weight excluding hydrogens is 344 g/mol. The standard InChI is InChI=1S/C21H30N2O4/c1-13(27-19(25)17-5-3-2-4-6-17)18(24)22-20(26)23-21-10-14-7-15(11-21)9-16(8-14)12-21/h2-3,13-17H,4-12H2,1H3,(H2,22,23,24,26)/t13-,14?,15?,16?,17+,21?/m0/s1. The second kappa shape index (κ2) is 7.28. The molecule has 2 atom stereocenters. The van der Waals surface area contributed by atoms with Crippen LogP contribution in [0.3, 0.4) is 0 Å². The number of hydrogen-bond acceptors (Lipinski definition) is 4. The summed E-state index contributed by atoms with van der Waals surface area (Å²) in [6.45, 7) is 1.52. The molecule has 0 aromatic rings. The van der Waals surface area contributed by atoms with Crippen molar-refractivity contribution in [2.75, 3.05) is 0 Å². The van der Waals surface area contributed by atoms with E-state index in [1.807, 2.05) is 6.08 Å². The lowest BCUT2D eigenvalue weighted by atomic mass is 9.53. The van der Waals surface area contributed by atoms with E-state index in [-0.39, 0.29) is 17.4 Å². The van der Waals surface area contributed by atoms with Crippen LogP contribution in [0.5, 0.6) is 0 Å². The van der Waals surface area contributed by atoms with E-state index < -0.39 is 18.0 Å². The molecule has 6 nitrogen and oxygen atoms in total. The first kappa shape index (κ1) is 18.5. The molecule has 3 amide bonds.